The third kappa shape index (κ3) is 2.85. The summed E-state index contributed by atoms with van der Waals surface area (Å²) in [6.45, 7) is 2.49. The Morgan fingerprint density at radius 3 is 2.60 bits per heavy atom. The molecule has 0 spiro atoms. The van der Waals surface area contributed by atoms with Gasteiger partial charge in [-0.15, -0.1) is 0 Å². The van der Waals surface area contributed by atoms with Gasteiger partial charge in [0.2, 0.25) is 5.69 Å². The lowest BCUT2D eigenvalue weighted by molar-refractivity contribution is 0.0592. The molecule has 6 heteroatoms. The molecule has 0 aliphatic rings. The summed E-state index contributed by atoms with van der Waals surface area (Å²) in [5, 5.41) is 0. The summed E-state index contributed by atoms with van der Waals surface area (Å²) in [4.78, 5) is 29.4. The predicted molar refractivity (Wildman–Crippen MR) is 72.8 cm³/mol. The topological polar surface area (TPSA) is 81.3 Å². The van der Waals surface area contributed by atoms with Crippen LogP contribution in [0.15, 0.2) is 35.3 Å². The molecule has 0 unspecified atom stereocenters. The van der Waals surface area contributed by atoms with Gasteiger partial charge in [-0.25, -0.2) is 9.78 Å². The van der Waals surface area contributed by atoms with E-state index in [-0.39, 0.29) is 5.69 Å². The number of aromatic nitrogens is 2. The maximum Gasteiger partial charge on any atom is 0.362 e. The fraction of sp³-hybridized carbons (Fsp3) is 0.214. The van der Waals surface area contributed by atoms with Crippen LogP contribution < -0.4 is 10.3 Å². The summed E-state index contributed by atoms with van der Waals surface area (Å²) in [5.74, 6) is -0.0205. The molecule has 0 fully saturated rings. The Labute approximate surface area is 115 Å². The van der Waals surface area contributed by atoms with Crippen molar-refractivity contribution in [3.8, 4) is 17.0 Å². The van der Waals surface area contributed by atoms with E-state index in [1.54, 1.807) is 24.3 Å². The number of nitrogens with zero attached hydrogens (tertiary/aromatic N) is 1. The van der Waals surface area contributed by atoms with Crippen molar-refractivity contribution in [1.82, 2.24) is 9.97 Å². The highest BCUT2D eigenvalue weighted by Crippen LogP contribution is 2.19. The van der Waals surface area contributed by atoms with Gasteiger partial charge >= 0.3 is 5.97 Å². The average molecular weight is 274 g/mol. The minimum absolute atomic E-state index is 0.265. The largest absolute Gasteiger partial charge is 0.494 e. The molecule has 104 valence electrons. The predicted octanol–water partition coefficient (Wildman–Crippen LogP) is 1.62. The standard InChI is InChI=1S/C14H14N2O4/c1-3-20-10-6-4-9(5-7-10)11-8-15-13(17)12(16-11)14(18)19-2/h4-8H,3H2,1-2H3,(H,15,17). The van der Waals surface area contributed by atoms with E-state index in [2.05, 4.69) is 14.7 Å². The van der Waals surface area contributed by atoms with Crippen LogP contribution in [0, 0.1) is 0 Å². The number of aromatic amines is 1. The first-order valence-corrected chi connectivity index (χ1v) is 6.07. The first-order valence-electron chi connectivity index (χ1n) is 6.07. The second kappa shape index (κ2) is 6.01. The lowest BCUT2D eigenvalue weighted by Crippen LogP contribution is -2.21. The van der Waals surface area contributed by atoms with Crippen LogP contribution in [-0.2, 0) is 4.74 Å². The van der Waals surface area contributed by atoms with Gasteiger partial charge in [0.05, 0.1) is 19.4 Å². The molecule has 0 aliphatic heterocycles. The lowest BCUT2D eigenvalue weighted by Gasteiger charge is -2.05. The first-order chi connectivity index (χ1) is 9.65. The molecular weight excluding hydrogens is 260 g/mol. The van der Waals surface area contributed by atoms with E-state index in [1.807, 2.05) is 6.92 Å². The van der Waals surface area contributed by atoms with Gasteiger partial charge in [-0.2, -0.15) is 0 Å². The van der Waals surface area contributed by atoms with Gasteiger partial charge in [-0.1, -0.05) is 0 Å². The van der Waals surface area contributed by atoms with Crippen LogP contribution in [0.3, 0.4) is 0 Å². The molecule has 0 bridgehead atoms. The summed E-state index contributed by atoms with van der Waals surface area (Å²) in [7, 11) is 1.20. The van der Waals surface area contributed by atoms with Crippen LogP contribution in [0.2, 0.25) is 0 Å². The lowest BCUT2D eigenvalue weighted by atomic mass is 10.1. The zero-order valence-corrected chi connectivity index (χ0v) is 11.2. The molecule has 1 aromatic carbocycles. The van der Waals surface area contributed by atoms with Gasteiger partial charge < -0.3 is 14.5 Å². The molecule has 0 saturated heterocycles. The Hall–Kier alpha value is -2.63. The summed E-state index contributed by atoms with van der Waals surface area (Å²) in [6, 6.07) is 7.19. The van der Waals surface area contributed by atoms with Gasteiger partial charge in [0.1, 0.15) is 5.75 Å². The van der Waals surface area contributed by atoms with Crippen LogP contribution >= 0.6 is 0 Å². The van der Waals surface area contributed by atoms with Crippen molar-refractivity contribution < 1.29 is 14.3 Å². The van der Waals surface area contributed by atoms with E-state index in [0.29, 0.717) is 12.3 Å². The van der Waals surface area contributed by atoms with Gasteiger partial charge in [0.25, 0.3) is 5.56 Å². The first kappa shape index (κ1) is 13.8. The molecule has 1 N–H and O–H groups in total. The SMILES string of the molecule is CCOc1ccc(-c2c[nH]c(=O)c(C(=O)OC)n2)cc1. The van der Waals surface area contributed by atoms with Crippen LogP contribution in [0.5, 0.6) is 5.75 Å². The van der Waals surface area contributed by atoms with Crippen molar-refractivity contribution in [1.29, 1.82) is 0 Å². The Bertz CT molecular complexity index is 662. The highest BCUT2D eigenvalue weighted by atomic mass is 16.5. The van der Waals surface area contributed by atoms with Crippen LogP contribution in [0.4, 0.5) is 0 Å². The Kier molecular flexibility index (Phi) is 4.14. The van der Waals surface area contributed by atoms with E-state index in [0.717, 1.165) is 11.3 Å². The normalized spacial score (nSPS) is 10.1. The second-order valence-electron chi connectivity index (χ2n) is 3.91. The Morgan fingerprint density at radius 2 is 2.00 bits per heavy atom. The number of hydrogen-bond acceptors (Lipinski definition) is 5. The molecule has 1 heterocycles. The number of hydrogen-bond donors (Lipinski definition) is 1. The molecular formula is C14H14N2O4. The monoisotopic (exact) mass is 274 g/mol. The van der Waals surface area contributed by atoms with Gasteiger partial charge in [-0.3, -0.25) is 4.79 Å². The summed E-state index contributed by atoms with van der Waals surface area (Å²) in [6.07, 6.45) is 1.45. The fourth-order valence-corrected chi connectivity index (χ4v) is 1.68. The van der Waals surface area contributed by atoms with Crippen LogP contribution in [0.1, 0.15) is 17.4 Å². The van der Waals surface area contributed by atoms with Crippen LogP contribution in [-0.4, -0.2) is 29.7 Å². The number of carbonyl (C=O) groups excluding carboxylic acids is 1. The van der Waals surface area contributed by atoms with Crippen molar-refractivity contribution in [2.75, 3.05) is 13.7 Å². The molecule has 0 radical (unpaired) electrons. The molecule has 0 atom stereocenters. The van der Waals surface area contributed by atoms with E-state index in [4.69, 9.17) is 4.74 Å². The van der Waals surface area contributed by atoms with Crippen molar-refractivity contribution >= 4 is 5.97 Å². The molecule has 6 nitrogen and oxygen atoms in total. The summed E-state index contributed by atoms with van der Waals surface area (Å²) in [5.41, 5.74) is 0.397. The summed E-state index contributed by atoms with van der Waals surface area (Å²) >= 11 is 0. The van der Waals surface area contributed by atoms with Crippen molar-refractivity contribution in [2.45, 2.75) is 6.92 Å². The number of nitrogens with one attached hydrogen (secondary N) is 1. The maximum absolute atomic E-state index is 11.5. The highest BCUT2D eigenvalue weighted by molar-refractivity contribution is 5.87. The van der Waals surface area contributed by atoms with Gasteiger partial charge in [-0.05, 0) is 31.2 Å². The highest BCUT2D eigenvalue weighted by Gasteiger charge is 2.14. The minimum Gasteiger partial charge on any atom is -0.494 e. The summed E-state index contributed by atoms with van der Waals surface area (Å²) < 4.78 is 9.86. The number of ether oxygens (including phenoxy) is 2. The average Bonchev–Trinajstić information content (AvgIpc) is 2.48. The van der Waals surface area contributed by atoms with E-state index < -0.39 is 11.5 Å². The number of carbonyl (C=O) groups is 1. The maximum atomic E-state index is 11.5. The van der Waals surface area contributed by atoms with Crippen molar-refractivity contribution in [2.24, 2.45) is 0 Å². The zero-order valence-electron chi connectivity index (χ0n) is 11.2. The molecule has 1 aromatic heterocycles. The number of methoxy groups -OCH3 is 1. The Balaban J connectivity index is 2.37. The van der Waals surface area contributed by atoms with Crippen molar-refractivity contribution in [3.63, 3.8) is 0 Å². The molecule has 0 aliphatic carbocycles. The van der Waals surface area contributed by atoms with Crippen molar-refractivity contribution in [3.05, 3.63) is 46.5 Å². The Morgan fingerprint density at radius 1 is 1.30 bits per heavy atom. The molecule has 2 aromatic rings. The zero-order chi connectivity index (χ0) is 14.5. The molecule has 0 saturated carbocycles. The van der Waals surface area contributed by atoms with Gasteiger partial charge in [0.15, 0.2) is 0 Å². The third-order valence-corrected chi connectivity index (χ3v) is 2.63. The number of H-pyrrole nitrogens is 1. The second-order valence-corrected chi connectivity index (χ2v) is 3.91. The number of benzene rings is 1. The number of rotatable bonds is 4. The van der Waals surface area contributed by atoms with E-state index >= 15 is 0 Å². The van der Waals surface area contributed by atoms with Gasteiger partial charge in [0, 0.05) is 11.8 Å². The molecule has 0 amide bonds. The third-order valence-electron chi connectivity index (χ3n) is 2.63. The van der Waals surface area contributed by atoms with E-state index in [1.165, 1.54) is 13.3 Å². The minimum atomic E-state index is -0.765. The quantitative estimate of drug-likeness (QED) is 0.857. The van der Waals surface area contributed by atoms with Crippen LogP contribution in [0.25, 0.3) is 11.3 Å². The van der Waals surface area contributed by atoms with E-state index in [9.17, 15) is 9.59 Å². The number of esters is 1. The molecule has 20 heavy (non-hydrogen) atoms. The molecule has 2 rings (SSSR count). The fourth-order valence-electron chi connectivity index (χ4n) is 1.68. The smallest absolute Gasteiger partial charge is 0.362 e.